The summed E-state index contributed by atoms with van der Waals surface area (Å²) in [6.45, 7) is 14.5. The molecule has 0 amide bonds. The lowest BCUT2D eigenvalue weighted by atomic mass is 10.2. The minimum Gasteiger partial charge on any atom is -0.378 e. The van der Waals surface area contributed by atoms with E-state index in [0.717, 1.165) is 30.2 Å². The smallest absolute Gasteiger partial charge is 0.0825 e. The molecule has 0 spiro atoms. The Morgan fingerprint density at radius 3 is 2.33 bits per heavy atom. The molecular formula is C16H27N5. The van der Waals surface area contributed by atoms with Crippen molar-refractivity contribution in [2.45, 2.75) is 60.7 Å². The summed E-state index contributed by atoms with van der Waals surface area (Å²) < 4.78 is 4.04. The first-order valence-corrected chi connectivity index (χ1v) is 7.69. The van der Waals surface area contributed by atoms with E-state index >= 15 is 0 Å². The van der Waals surface area contributed by atoms with Crippen molar-refractivity contribution in [2.24, 2.45) is 5.92 Å². The zero-order valence-corrected chi connectivity index (χ0v) is 14.0. The summed E-state index contributed by atoms with van der Waals surface area (Å²) in [5.41, 5.74) is 4.47. The second kappa shape index (κ2) is 6.33. The Hall–Kier alpha value is -1.78. The van der Waals surface area contributed by atoms with Crippen LogP contribution < -0.4 is 5.32 Å². The average Bonchev–Trinajstić information content (AvgIpc) is 2.90. The third-order valence-electron chi connectivity index (χ3n) is 3.52. The first kappa shape index (κ1) is 15.6. The minimum absolute atomic E-state index is 0.396. The summed E-state index contributed by atoms with van der Waals surface area (Å²) in [5.74, 6) is 0.601. The van der Waals surface area contributed by atoms with Gasteiger partial charge in [0.2, 0.25) is 0 Å². The second-order valence-electron chi connectivity index (χ2n) is 6.41. The molecule has 0 aliphatic heterocycles. The topological polar surface area (TPSA) is 47.7 Å². The van der Waals surface area contributed by atoms with Crippen molar-refractivity contribution in [3.05, 3.63) is 29.3 Å². The lowest BCUT2D eigenvalue weighted by molar-refractivity contribution is 0.481. The Labute approximate surface area is 127 Å². The maximum Gasteiger partial charge on any atom is 0.0825 e. The molecule has 116 valence electrons. The molecule has 0 aromatic carbocycles. The third kappa shape index (κ3) is 3.86. The molecule has 21 heavy (non-hydrogen) atoms. The molecule has 0 saturated heterocycles. The van der Waals surface area contributed by atoms with Crippen LogP contribution in [0.5, 0.6) is 0 Å². The van der Waals surface area contributed by atoms with Crippen molar-refractivity contribution in [3.63, 3.8) is 0 Å². The molecule has 0 atom stereocenters. The number of hydrogen-bond acceptors (Lipinski definition) is 3. The van der Waals surface area contributed by atoms with Crippen LogP contribution in [0.25, 0.3) is 0 Å². The van der Waals surface area contributed by atoms with Gasteiger partial charge in [-0.25, -0.2) is 0 Å². The number of hydrogen-bond donors (Lipinski definition) is 1. The SMILES string of the molecule is Cc1nn(C(C)C)cc1CNc1cn(CC(C)C)nc1C. The van der Waals surface area contributed by atoms with E-state index in [4.69, 9.17) is 0 Å². The van der Waals surface area contributed by atoms with Crippen LogP contribution in [-0.2, 0) is 13.1 Å². The zero-order chi connectivity index (χ0) is 15.6. The van der Waals surface area contributed by atoms with Gasteiger partial charge in [-0.1, -0.05) is 13.8 Å². The third-order valence-corrected chi connectivity index (χ3v) is 3.52. The summed E-state index contributed by atoms with van der Waals surface area (Å²) >= 11 is 0. The van der Waals surface area contributed by atoms with Gasteiger partial charge in [-0.15, -0.1) is 0 Å². The minimum atomic E-state index is 0.396. The molecule has 2 heterocycles. The van der Waals surface area contributed by atoms with Crippen LogP contribution in [0.2, 0.25) is 0 Å². The molecule has 5 nitrogen and oxygen atoms in total. The van der Waals surface area contributed by atoms with Crippen LogP contribution in [0, 0.1) is 19.8 Å². The predicted molar refractivity (Wildman–Crippen MR) is 86.5 cm³/mol. The number of aryl methyl sites for hydroxylation is 2. The van der Waals surface area contributed by atoms with E-state index in [1.165, 1.54) is 5.56 Å². The Morgan fingerprint density at radius 2 is 1.76 bits per heavy atom. The van der Waals surface area contributed by atoms with Crippen LogP contribution in [0.15, 0.2) is 12.4 Å². The first-order valence-electron chi connectivity index (χ1n) is 7.69. The van der Waals surface area contributed by atoms with Crippen molar-refractivity contribution in [2.75, 3.05) is 5.32 Å². The quantitative estimate of drug-likeness (QED) is 0.884. The molecule has 2 rings (SSSR count). The van der Waals surface area contributed by atoms with E-state index in [0.29, 0.717) is 12.0 Å². The molecule has 5 heteroatoms. The van der Waals surface area contributed by atoms with Gasteiger partial charge in [-0.05, 0) is 33.6 Å². The van der Waals surface area contributed by atoms with E-state index in [1.54, 1.807) is 0 Å². The van der Waals surface area contributed by atoms with E-state index in [1.807, 2.05) is 16.3 Å². The molecular weight excluding hydrogens is 262 g/mol. The Bertz CT molecular complexity index is 592. The highest BCUT2D eigenvalue weighted by molar-refractivity contribution is 5.46. The zero-order valence-electron chi connectivity index (χ0n) is 14.0. The van der Waals surface area contributed by atoms with Crippen LogP contribution >= 0.6 is 0 Å². The van der Waals surface area contributed by atoms with Gasteiger partial charge in [-0.3, -0.25) is 9.36 Å². The fourth-order valence-electron chi connectivity index (χ4n) is 2.31. The largest absolute Gasteiger partial charge is 0.378 e. The van der Waals surface area contributed by atoms with Crippen molar-refractivity contribution < 1.29 is 0 Å². The van der Waals surface area contributed by atoms with Gasteiger partial charge in [0, 0.05) is 37.1 Å². The lowest BCUT2D eigenvalue weighted by Crippen LogP contribution is -2.04. The molecule has 0 aliphatic carbocycles. The highest BCUT2D eigenvalue weighted by Gasteiger charge is 2.09. The summed E-state index contributed by atoms with van der Waals surface area (Å²) in [7, 11) is 0. The summed E-state index contributed by atoms with van der Waals surface area (Å²) in [5, 5.41) is 12.6. The number of nitrogens with one attached hydrogen (secondary N) is 1. The van der Waals surface area contributed by atoms with Crippen molar-refractivity contribution >= 4 is 5.69 Å². The van der Waals surface area contributed by atoms with Gasteiger partial charge in [-0.2, -0.15) is 10.2 Å². The highest BCUT2D eigenvalue weighted by atomic mass is 15.3. The molecule has 0 radical (unpaired) electrons. The first-order chi connectivity index (χ1) is 9.86. The van der Waals surface area contributed by atoms with Crippen LogP contribution in [-0.4, -0.2) is 19.6 Å². The summed E-state index contributed by atoms with van der Waals surface area (Å²) in [6, 6.07) is 0.396. The van der Waals surface area contributed by atoms with Gasteiger partial charge in [0.05, 0.1) is 17.1 Å². The molecule has 0 fully saturated rings. The number of aromatic nitrogens is 4. The monoisotopic (exact) mass is 289 g/mol. The van der Waals surface area contributed by atoms with Gasteiger partial charge >= 0.3 is 0 Å². The number of nitrogens with zero attached hydrogens (tertiary/aromatic N) is 4. The normalized spacial score (nSPS) is 11.6. The van der Waals surface area contributed by atoms with Crippen LogP contribution in [0.4, 0.5) is 5.69 Å². The Kier molecular flexibility index (Phi) is 4.70. The molecule has 2 aromatic rings. The van der Waals surface area contributed by atoms with Gasteiger partial charge in [0.25, 0.3) is 0 Å². The van der Waals surface area contributed by atoms with E-state index in [2.05, 4.69) is 62.5 Å². The fraction of sp³-hybridized carbons (Fsp3) is 0.625. The van der Waals surface area contributed by atoms with E-state index in [-0.39, 0.29) is 0 Å². The van der Waals surface area contributed by atoms with Crippen LogP contribution in [0.3, 0.4) is 0 Å². The summed E-state index contributed by atoms with van der Waals surface area (Å²) in [4.78, 5) is 0. The maximum atomic E-state index is 4.55. The average molecular weight is 289 g/mol. The molecule has 0 aliphatic rings. The van der Waals surface area contributed by atoms with Gasteiger partial charge in [0.1, 0.15) is 0 Å². The number of rotatable bonds is 6. The van der Waals surface area contributed by atoms with Crippen molar-refractivity contribution in [1.82, 2.24) is 19.6 Å². The fourth-order valence-corrected chi connectivity index (χ4v) is 2.31. The molecule has 1 N–H and O–H groups in total. The predicted octanol–water partition coefficient (Wildman–Crippen LogP) is 3.55. The maximum absolute atomic E-state index is 4.55. The second-order valence-corrected chi connectivity index (χ2v) is 6.41. The van der Waals surface area contributed by atoms with Gasteiger partial charge in [0.15, 0.2) is 0 Å². The Morgan fingerprint density at radius 1 is 1.05 bits per heavy atom. The molecule has 0 unspecified atom stereocenters. The highest BCUT2D eigenvalue weighted by Crippen LogP contribution is 2.17. The Balaban J connectivity index is 2.04. The van der Waals surface area contributed by atoms with Gasteiger partial charge < -0.3 is 5.32 Å². The summed E-state index contributed by atoms with van der Waals surface area (Å²) in [6.07, 6.45) is 4.22. The standard InChI is InChI=1S/C16H27N5/c1-11(2)8-20-10-16(14(6)18-20)17-7-15-9-21(12(3)4)19-13(15)5/h9-12,17H,7-8H2,1-6H3. The van der Waals surface area contributed by atoms with Crippen molar-refractivity contribution in [1.29, 1.82) is 0 Å². The van der Waals surface area contributed by atoms with Crippen molar-refractivity contribution in [3.8, 4) is 0 Å². The van der Waals surface area contributed by atoms with Crippen LogP contribution in [0.1, 0.15) is 50.7 Å². The van der Waals surface area contributed by atoms with E-state index < -0.39 is 0 Å². The molecule has 2 aromatic heterocycles. The molecule has 0 saturated carbocycles. The lowest BCUT2D eigenvalue weighted by Gasteiger charge is -2.05. The number of anilines is 1. The van der Waals surface area contributed by atoms with E-state index in [9.17, 15) is 0 Å². The molecule has 0 bridgehead atoms.